The van der Waals surface area contributed by atoms with Gasteiger partial charge < -0.3 is 14.4 Å². The van der Waals surface area contributed by atoms with E-state index >= 15 is 0 Å². The number of ether oxygens (including phenoxy) is 1. The number of rotatable bonds is 2. The molecule has 0 radical (unpaired) electrons. The van der Waals surface area contributed by atoms with Crippen molar-refractivity contribution in [2.24, 2.45) is 0 Å². The third kappa shape index (κ3) is 1.87. The molecule has 1 N–H and O–H groups in total. The van der Waals surface area contributed by atoms with Crippen LogP contribution < -0.4 is 0 Å². The molecule has 1 aromatic rings. The van der Waals surface area contributed by atoms with Gasteiger partial charge >= 0.3 is 0 Å². The second-order valence-corrected chi connectivity index (χ2v) is 3.09. The molecule has 1 saturated heterocycles. The van der Waals surface area contributed by atoms with Crippen LogP contribution >= 0.6 is 0 Å². The molecule has 5 nitrogen and oxygen atoms in total. The van der Waals surface area contributed by atoms with Crippen molar-refractivity contribution < 1.29 is 14.4 Å². The molecule has 0 spiro atoms. The predicted molar refractivity (Wildman–Crippen MR) is 43.0 cm³/mol. The van der Waals surface area contributed by atoms with E-state index in [2.05, 4.69) is 10.1 Å². The lowest BCUT2D eigenvalue weighted by molar-refractivity contribution is 0.0778. The average Bonchev–Trinajstić information content (AvgIpc) is 2.67. The molecule has 13 heavy (non-hydrogen) atoms. The third-order valence-corrected chi connectivity index (χ3v) is 2.20. The van der Waals surface area contributed by atoms with E-state index in [9.17, 15) is 0 Å². The first-order valence-corrected chi connectivity index (χ1v) is 4.41. The molecule has 1 aliphatic rings. The molecule has 2 rings (SSSR count). The van der Waals surface area contributed by atoms with Gasteiger partial charge in [-0.25, -0.2) is 0 Å². The average molecular weight is 184 g/mol. The highest BCUT2D eigenvalue weighted by Crippen LogP contribution is 2.24. The van der Waals surface area contributed by atoms with Gasteiger partial charge in [-0.3, -0.25) is 0 Å². The van der Waals surface area contributed by atoms with E-state index in [0.717, 1.165) is 26.1 Å². The number of aliphatic hydroxyl groups is 1. The predicted octanol–water partition coefficient (Wildman–Crippen LogP) is 0.456. The van der Waals surface area contributed by atoms with E-state index in [0.29, 0.717) is 17.6 Å². The lowest BCUT2D eigenvalue weighted by atomic mass is 10.0. The van der Waals surface area contributed by atoms with Crippen molar-refractivity contribution in [2.75, 3.05) is 13.2 Å². The molecular weight excluding hydrogens is 172 g/mol. The van der Waals surface area contributed by atoms with Crippen LogP contribution in [0.3, 0.4) is 0 Å². The van der Waals surface area contributed by atoms with Crippen molar-refractivity contribution in [3.8, 4) is 0 Å². The molecule has 0 aliphatic carbocycles. The first-order valence-electron chi connectivity index (χ1n) is 4.41. The van der Waals surface area contributed by atoms with Gasteiger partial charge in [-0.05, 0) is 12.8 Å². The standard InChI is InChI=1S/C8H12N2O3/c11-5-7-9-8(13-10-7)6-1-3-12-4-2-6/h6,11H,1-5H2. The second-order valence-electron chi connectivity index (χ2n) is 3.09. The molecule has 0 unspecified atom stereocenters. The minimum absolute atomic E-state index is 0.160. The Labute approximate surface area is 75.7 Å². The molecule has 0 atom stereocenters. The Morgan fingerprint density at radius 3 is 2.77 bits per heavy atom. The Hall–Kier alpha value is -0.940. The highest BCUT2D eigenvalue weighted by Gasteiger charge is 2.21. The van der Waals surface area contributed by atoms with Gasteiger partial charge in [0.05, 0.1) is 0 Å². The van der Waals surface area contributed by atoms with Gasteiger partial charge in [-0.2, -0.15) is 4.98 Å². The molecule has 0 amide bonds. The summed E-state index contributed by atoms with van der Waals surface area (Å²) in [6, 6.07) is 0. The maximum atomic E-state index is 8.74. The van der Waals surface area contributed by atoms with Crippen LogP contribution in [0, 0.1) is 0 Å². The zero-order valence-corrected chi connectivity index (χ0v) is 7.27. The van der Waals surface area contributed by atoms with Crippen molar-refractivity contribution >= 4 is 0 Å². The van der Waals surface area contributed by atoms with Crippen molar-refractivity contribution in [2.45, 2.75) is 25.4 Å². The lowest BCUT2D eigenvalue weighted by Crippen LogP contribution is -2.14. The largest absolute Gasteiger partial charge is 0.388 e. The molecule has 1 fully saturated rings. The van der Waals surface area contributed by atoms with E-state index < -0.39 is 0 Å². The summed E-state index contributed by atoms with van der Waals surface area (Å²) >= 11 is 0. The molecule has 5 heteroatoms. The fraction of sp³-hybridized carbons (Fsp3) is 0.750. The van der Waals surface area contributed by atoms with Crippen LogP contribution in [0.1, 0.15) is 30.5 Å². The zero-order valence-electron chi connectivity index (χ0n) is 7.27. The van der Waals surface area contributed by atoms with Crippen LogP contribution in [0.4, 0.5) is 0 Å². The van der Waals surface area contributed by atoms with Crippen LogP contribution in [-0.2, 0) is 11.3 Å². The summed E-state index contributed by atoms with van der Waals surface area (Å²) in [5.74, 6) is 1.30. The maximum absolute atomic E-state index is 8.74. The minimum atomic E-state index is -0.160. The van der Waals surface area contributed by atoms with Crippen LogP contribution in [-0.4, -0.2) is 28.5 Å². The highest BCUT2D eigenvalue weighted by molar-refractivity contribution is 4.94. The lowest BCUT2D eigenvalue weighted by Gasteiger charge is -2.17. The number of hydrogen-bond donors (Lipinski definition) is 1. The molecule has 2 heterocycles. The smallest absolute Gasteiger partial charge is 0.230 e. The molecular formula is C8H12N2O3. The summed E-state index contributed by atoms with van der Waals surface area (Å²) in [5, 5.41) is 12.4. The summed E-state index contributed by atoms with van der Waals surface area (Å²) in [6.07, 6.45) is 1.85. The summed E-state index contributed by atoms with van der Waals surface area (Å²) < 4.78 is 10.2. The first-order chi connectivity index (χ1) is 6.40. The van der Waals surface area contributed by atoms with E-state index in [4.69, 9.17) is 14.4 Å². The monoisotopic (exact) mass is 184 g/mol. The summed E-state index contributed by atoms with van der Waals surface area (Å²) in [5.41, 5.74) is 0. The fourth-order valence-electron chi connectivity index (χ4n) is 1.44. The highest BCUT2D eigenvalue weighted by atomic mass is 16.5. The topological polar surface area (TPSA) is 68.4 Å². The third-order valence-electron chi connectivity index (χ3n) is 2.20. The fourth-order valence-corrected chi connectivity index (χ4v) is 1.44. The van der Waals surface area contributed by atoms with Gasteiger partial charge in [0, 0.05) is 19.1 Å². The van der Waals surface area contributed by atoms with Gasteiger partial charge in [-0.15, -0.1) is 0 Å². The molecule has 72 valence electrons. The van der Waals surface area contributed by atoms with Crippen LogP contribution in [0.5, 0.6) is 0 Å². The van der Waals surface area contributed by atoms with Crippen molar-refractivity contribution in [1.29, 1.82) is 0 Å². The van der Waals surface area contributed by atoms with Crippen LogP contribution in [0.25, 0.3) is 0 Å². The van der Waals surface area contributed by atoms with E-state index in [-0.39, 0.29) is 6.61 Å². The van der Waals surface area contributed by atoms with Crippen LogP contribution in [0.15, 0.2) is 4.52 Å². The Kier molecular flexibility index (Phi) is 2.56. The number of hydrogen-bond acceptors (Lipinski definition) is 5. The number of aromatic nitrogens is 2. The van der Waals surface area contributed by atoms with Crippen molar-refractivity contribution in [3.63, 3.8) is 0 Å². The first kappa shape index (κ1) is 8.65. The van der Waals surface area contributed by atoms with E-state index in [1.165, 1.54) is 0 Å². The van der Waals surface area contributed by atoms with Crippen molar-refractivity contribution in [3.05, 3.63) is 11.7 Å². The second kappa shape index (κ2) is 3.85. The van der Waals surface area contributed by atoms with E-state index in [1.807, 2.05) is 0 Å². The quantitative estimate of drug-likeness (QED) is 0.723. The number of aliphatic hydroxyl groups excluding tert-OH is 1. The SMILES string of the molecule is OCc1noc(C2CCOCC2)n1. The molecule has 0 saturated carbocycles. The molecule has 1 aromatic heterocycles. The summed E-state index contributed by atoms with van der Waals surface area (Å²) in [7, 11) is 0. The number of nitrogens with zero attached hydrogens (tertiary/aromatic N) is 2. The van der Waals surface area contributed by atoms with Gasteiger partial charge in [0.2, 0.25) is 5.89 Å². The van der Waals surface area contributed by atoms with Gasteiger partial charge in [0.1, 0.15) is 6.61 Å². The molecule has 0 aromatic carbocycles. The Morgan fingerprint density at radius 1 is 1.38 bits per heavy atom. The maximum Gasteiger partial charge on any atom is 0.230 e. The van der Waals surface area contributed by atoms with Crippen molar-refractivity contribution in [1.82, 2.24) is 10.1 Å². The Balaban J connectivity index is 2.05. The minimum Gasteiger partial charge on any atom is -0.388 e. The van der Waals surface area contributed by atoms with Crippen LogP contribution in [0.2, 0.25) is 0 Å². The Morgan fingerprint density at radius 2 is 2.15 bits per heavy atom. The zero-order chi connectivity index (χ0) is 9.10. The summed E-state index contributed by atoms with van der Waals surface area (Å²) in [6.45, 7) is 1.34. The summed E-state index contributed by atoms with van der Waals surface area (Å²) in [4.78, 5) is 4.07. The van der Waals surface area contributed by atoms with E-state index in [1.54, 1.807) is 0 Å². The van der Waals surface area contributed by atoms with Gasteiger partial charge in [0.25, 0.3) is 0 Å². The molecule has 1 aliphatic heterocycles. The molecule has 0 bridgehead atoms. The Bertz CT molecular complexity index is 268. The van der Waals surface area contributed by atoms with Gasteiger partial charge in [0.15, 0.2) is 5.82 Å². The van der Waals surface area contributed by atoms with Gasteiger partial charge in [-0.1, -0.05) is 5.16 Å². The normalized spacial score (nSPS) is 19.2.